The van der Waals surface area contributed by atoms with E-state index in [2.05, 4.69) is 5.32 Å². The summed E-state index contributed by atoms with van der Waals surface area (Å²) in [6.07, 6.45) is 0.672. The Hall–Kier alpha value is -1.62. The van der Waals surface area contributed by atoms with Crippen LogP contribution in [0.4, 0.5) is 10.1 Å². The van der Waals surface area contributed by atoms with E-state index in [1.165, 1.54) is 6.07 Å². The second-order valence-corrected chi connectivity index (χ2v) is 5.22. The van der Waals surface area contributed by atoms with Crippen molar-refractivity contribution >= 4 is 11.6 Å². The Labute approximate surface area is 112 Å². The number of halogens is 1. The third kappa shape index (κ3) is 2.42. The van der Waals surface area contributed by atoms with E-state index in [1.54, 1.807) is 19.2 Å². The number of aliphatic hydroxyl groups is 1. The van der Waals surface area contributed by atoms with Crippen molar-refractivity contribution in [3.63, 3.8) is 0 Å². The van der Waals surface area contributed by atoms with Crippen molar-refractivity contribution in [1.82, 2.24) is 5.32 Å². The standard InChI is InChI=1S/C14H19FN2O2/c1-14(13(19)16-2)6-7-17(9-14)12-10(8-18)4-3-5-11(12)15/h3-5,18H,6-9H2,1-2H3,(H,16,19). The molecule has 0 spiro atoms. The van der Waals surface area contributed by atoms with Gasteiger partial charge in [0.25, 0.3) is 0 Å². The molecule has 1 saturated heterocycles. The third-order valence-corrected chi connectivity index (χ3v) is 3.81. The molecule has 0 bridgehead atoms. The van der Waals surface area contributed by atoms with Gasteiger partial charge in [-0.25, -0.2) is 4.39 Å². The van der Waals surface area contributed by atoms with E-state index in [9.17, 15) is 14.3 Å². The molecular formula is C14H19FN2O2. The lowest BCUT2D eigenvalue weighted by Crippen LogP contribution is -2.39. The van der Waals surface area contributed by atoms with E-state index in [0.717, 1.165) is 0 Å². The maximum Gasteiger partial charge on any atom is 0.227 e. The Kier molecular flexibility index (Phi) is 3.75. The molecule has 2 rings (SSSR count). The predicted molar refractivity (Wildman–Crippen MR) is 71.3 cm³/mol. The number of rotatable bonds is 3. The van der Waals surface area contributed by atoms with E-state index < -0.39 is 5.41 Å². The van der Waals surface area contributed by atoms with Crippen molar-refractivity contribution in [1.29, 1.82) is 0 Å². The first-order valence-corrected chi connectivity index (χ1v) is 6.37. The van der Waals surface area contributed by atoms with Gasteiger partial charge in [-0.3, -0.25) is 4.79 Å². The Morgan fingerprint density at radius 3 is 2.95 bits per heavy atom. The molecule has 1 atom stereocenters. The molecule has 1 unspecified atom stereocenters. The number of hydrogen-bond donors (Lipinski definition) is 2. The van der Waals surface area contributed by atoms with Crippen molar-refractivity contribution < 1.29 is 14.3 Å². The van der Waals surface area contributed by atoms with Gasteiger partial charge in [0.2, 0.25) is 5.91 Å². The van der Waals surface area contributed by atoms with Gasteiger partial charge in [0.15, 0.2) is 0 Å². The molecule has 1 aromatic carbocycles. The van der Waals surface area contributed by atoms with Crippen LogP contribution in [-0.4, -0.2) is 31.2 Å². The summed E-state index contributed by atoms with van der Waals surface area (Å²) in [5.41, 5.74) is 0.461. The van der Waals surface area contributed by atoms with Gasteiger partial charge in [-0.2, -0.15) is 0 Å². The minimum Gasteiger partial charge on any atom is -0.392 e. The van der Waals surface area contributed by atoms with Crippen LogP contribution in [0.5, 0.6) is 0 Å². The SMILES string of the molecule is CNC(=O)C1(C)CCN(c2c(F)cccc2CO)C1. The largest absolute Gasteiger partial charge is 0.392 e. The summed E-state index contributed by atoms with van der Waals surface area (Å²) in [5, 5.41) is 12.0. The van der Waals surface area contributed by atoms with Crippen LogP contribution in [0.25, 0.3) is 0 Å². The summed E-state index contributed by atoms with van der Waals surface area (Å²) in [6, 6.07) is 4.66. The second kappa shape index (κ2) is 5.17. The van der Waals surface area contributed by atoms with E-state index in [1.807, 2.05) is 11.8 Å². The number of amides is 1. The fraction of sp³-hybridized carbons (Fsp3) is 0.500. The summed E-state index contributed by atoms with van der Waals surface area (Å²) in [7, 11) is 1.61. The van der Waals surface area contributed by atoms with Crippen LogP contribution in [0, 0.1) is 11.2 Å². The number of benzene rings is 1. The van der Waals surface area contributed by atoms with Crippen molar-refractivity contribution in [3.05, 3.63) is 29.6 Å². The quantitative estimate of drug-likeness (QED) is 0.866. The van der Waals surface area contributed by atoms with Crippen LogP contribution in [0.1, 0.15) is 18.9 Å². The monoisotopic (exact) mass is 266 g/mol. The molecule has 4 nitrogen and oxygen atoms in total. The Morgan fingerprint density at radius 1 is 1.58 bits per heavy atom. The molecule has 1 aromatic rings. The highest BCUT2D eigenvalue weighted by molar-refractivity contribution is 5.83. The first-order chi connectivity index (χ1) is 9.01. The third-order valence-electron chi connectivity index (χ3n) is 3.81. The molecule has 2 N–H and O–H groups in total. The first kappa shape index (κ1) is 13.8. The fourth-order valence-electron chi connectivity index (χ4n) is 2.68. The molecule has 0 aromatic heterocycles. The molecule has 1 aliphatic rings. The Balaban J connectivity index is 2.29. The number of carbonyl (C=O) groups excluding carboxylic acids is 1. The summed E-state index contributed by atoms with van der Waals surface area (Å²) in [4.78, 5) is 13.7. The smallest absolute Gasteiger partial charge is 0.227 e. The van der Waals surface area contributed by atoms with Gasteiger partial charge >= 0.3 is 0 Å². The lowest BCUT2D eigenvalue weighted by Gasteiger charge is -2.25. The van der Waals surface area contributed by atoms with Gasteiger partial charge in [0.1, 0.15) is 5.82 Å². The highest BCUT2D eigenvalue weighted by Crippen LogP contribution is 2.36. The molecule has 1 amide bonds. The van der Waals surface area contributed by atoms with Gasteiger partial charge in [-0.15, -0.1) is 0 Å². The molecule has 0 saturated carbocycles. The number of nitrogens with zero attached hydrogens (tertiary/aromatic N) is 1. The Morgan fingerprint density at radius 2 is 2.32 bits per heavy atom. The number of hydrogen-bond acceptors (Lipinski definition) is 3. The normalized spacial score (nSPS) is 22.6. The van der Waals surface area contributed by atoms with Crippen LogP contribution >= 0.6 is 0 Å². The zero-order valence-electron chi connectivity index (χ0n) is 11.2. The van der Waals surface area contributed by atoms with Gasteiger partial charge in [-0.05, 0) is 19.4 Å². The molecule has 1 heterocycles. The first-order valence-electron chi connectivity index (χ1n) is 6.37. The number of aliphatic hydroxyl groups excluding tert-OH is 1. The molecule has 104 valence electrons. The minimum absolute atomic E-state index is 0.0307. The molecule has 1 aliphatic heterocycles. The summed E-state index contributed by atoms with van der Waals surface area (Å²) in [5.74, 6) is -0.385. The van der Waals surface area contributed by atoms with Gasteiger partial charge in [-0.1, -0.05) is 12.1 Å². The molecule has 19 heavy (non-hydrogen) atoms. The fourth-order valence-corrected chi connectivity index (χ4v) is 2.68. The summed E-state index contributed by atoms with van der Waals surface area (Å²) in [6.45, 7) is 2.74. The van der Waals surface area contributed by atoms with Crippen LogP contribution in [0.3, 0.4) is 0 Å². The number of para-hydroxylation sites is 1. The predicted octanol–water partition coefficient (Wildman–Crippen LogP) is 1.28. The van der Waals surface area contributed by atoms with E-state index >= 15 is 0 Å². The number of carbonyl (C=O) groups is 1. The topological polar surface area (TPSA) is 52.6 Å². The molecule has 0 radical (unpaired) electrons. The second-order valence-electron chi connectivity index (χ2n) is 5.22. The van der Waals surface area contributed by atoms with Crippen LogP contribution in [0.15, 0.2) is 18.2 Å². The highest BCUT2D eigenvalue weighted by atomic mass is 19.1. The van der Waals surface area contributed by atoms with E-state index in [4.69, 9.17) is 0 Å². The lowest BCUT2D eigenvalue weighted by atomic mass is 9.89. The van der Waals surface area contributed by atoms with Gasteiger partial charge in [0.05, 0.1) is 17.7 Å². The molecule has 0 aliphatic carbocycles. The van der Waals surface area contributed by atoms with Crippen molar-refractivity contribution in [2.75, 3.05) is 25.0 Å². The zero-order valence-corrected chi connectivity index (χ0v) is 11.2. The van der Waals surface area contributed by atoms with Crippen molar-refractivity contribution in [2.45, 2.75) is 20.0 Å². The van der Waals surface area contributed by atoms with Crippen LogP contribution in [0.2, 0.25) is 0 Å². The molecule has 1 fully saturated rings. The number of anilines is 1. The zero-order chi connectivity index (χ0) is 14.0. The van der Waals surface area contributed by atoms with E-state index in [-0.39, 0.29) is 18.3 Å². The number of nitrogens with one attached hydrogen (secondary N) is 1. The van der Waals surface area contributed by atoms with Crippen LogP contribution < -0.4 is 10.2 Å². The van der Waals surface area contributed by atoms with Gasteiger partial charge < -0.3 is 15.3 Å². The maximum absolute atomic E-state index is 14.0. The molecular weight excluding hydrogens is 247 g/mol. The average Bonchev–Trinajstić information content (AvgIpc) is 2.80. The Bertz CT molecular complexity index is 492. The van der Waals surface area contributed by atoms with Crippen molar-refractivity contribution in [2.24, 2.45) is 5.41 Å². The van der Waals surface area contributed by atoms with Crippen molar-refractivity contribution in [3.8, 4) is 0 Å². The van der Waals surface area contributed by atoms with Crippen LogP contribution in [-0.2, 0) is 11.4 Å². The minimum atomic E-state index is -0.510. The average molecular weight is 266 g/mol. The maximum atomic E-state index is 14.0. The van der Waals surface area contributed by atoms with Gasteiger partial charge in [0, 0.05) is 25.7 Å². The van der Waals surface area contributed by atoms with E-state index in [0.29, 0.717) is 30.8 Å². The lowest BCUT2D eigenvalue weighted by molar-refractivity contribution is -0.128. The molecule has 5 heteroatoms. The summed E-state index contributed by atoms with van der Waals surface area (Å²) >= 11 is 0. The highest BCUT2D eigenvalue weighted by Gasteiger charge is 2.40. The summed E-state index contributed by atoms with van der Waals surface area (Å²) < 4.78 is 14.0.